The van der Waals surface area contributed by atoms with Gasteiger partial charge in [-0.2, -0.15) is 0 Å². The van der Waals surface area contributed by atoms with Gasteiger partial charge in [0.15, 0.2) is 11.5 Å². The highest BCUT2D eigenvalue weighted by Gasteiger charge is 2.45. The van der Waals surface area contributed by atoms with E-state index in [1.165, 1.54) is 18.1 Å². The summed E-state index contributed by atoms with van der Waals surface area (Å²) in [5.41, 5.74) is 2.30. The highest BCUT2D eigenvalue weighted by molar-refractivity contribution is 7.98. The maximum absolute atomic E-state index is 13.4. The van der Waals surface area contributed by atoms with E-state index in [1.54, 1.807) is 40.9 Å². The number of rotatable bonds is 7. The Labute approximate surface area is 191 Å². The standard InChI is InChI=1S/C25H24N2O4S/c1-31-23-15-18(8-13-22(23)28)16-26-21(14-17-6-4-3-5-7-17)24(29)27(25(26)30)19-9-11-20(32-2)12-10-19/h3-13,15,21,28H,14,16H2,1-2H3/t21-/m0/s1. The van der Waals surface area contributed by atoms with Crippen molar-refractivity contribution in [2.45, 2.75) is 23.9 Å². The van der Waals surface area contributed by atoms with Gasteiger partial charge in [-0.3, -0.25) is 4.79 Å². The number of nitrogens with zero attached hydrogens (tertiary/aromatic N) is 2. The molecular formula is C25H24N2O4S. The number of phenolic OH excluding ortho intramolecular Hbond substituents is 1. The molecule has 3 amide bonds. The number of hydrogen-bond donors (Lipinski definition) is 1. The third kappa shape index (κ3) is 4.29. The number of hydrogen-bond acceptors (Lipinski definition) is 5. The summed E-state index contributed by atoms with van der Waals surface area (Å²) in [6.07, 6.45) is 2.39. The van der Waals surface area contributed by atoms with Crippen molar-refractivity contribution in [1.29, 1.82) is 0 Å². The normalized spacial score (nSPS) is 16.0. The Hall–Kier alpha value is -3.45. The van der Waals surface area contributed by atoms with Crippen molar-refractivity contribution >= 4 is 29.4 Å². The molecule has 3 aromatic rings. The van der Waals surface area contributed by atoms with Gasteiger partial charge in [-0.05, 0) is 53.8 Å². The van der Waals surface area contributed by atoms with Crippen LogP contribution in [-0.2, 0) is 17.8 Å². The summed E-state index contributed by atoms with van der Waals surface area (Å²) >= 11 is 1.60. The number of urea groups is 1. The minimum atomic E-state index is -0.634. The summed E-state index contributed by atoms with van der Waals surface area (Å²) in [6, 6.07) is 21.0. The van der Waals surface area contributed by atoms with Crippen LogP contribution in [0.2, 0.25) is 0 Å². The average molecular weight is 449 g/mol. The highest BCUT2D eigenvalue weighted by atomic mass is 32.2. The number of carbonyl (C=O) groups is 2. The molecule has 1 N–H and O–H groups in total. The quantitative estimate of drug-likeness (QED) is 0.419. The largest absolute Gasteiger partial charge is 0.504 e. The number of benzene rings is 3. The molecule has 0 radical (unpaired) electrons. The number of anilines is 1. The van der Waals surface area contributed by atoms with Crippen molar-refractivity contribution in [3.05, 3.63) is 83.9 Å². The number of methoxy groups -OCH3 is 1. The Morgan fingerprint density at radius 2 is 1.69 bits per heavy atom. The number of aromatic hydroxyl groups is 1. The summed E-state index contributed by atoms with van der Waals surface area (Å²) < 4.78 is 5.20. The van der Waals surface area contributed by atoms with E-state index in [2.05, 4.69) is 0 Å². The number of imide groups is 1. The molecule has 0 aliphatic carbocycles. The Balaban J connectivity index is 1.68. The number of thioether (sulfide) groups is 1. The van der Waals surface area contributed by atoms with Crippen molar-refractivity contribution in [2.75, 3.05) is 18.3 Å². The zero-order chi connectivity index (χ0) is 22.7. The molecule has 4 rings (SSSR count). The van der Waals surface area contributed by atoms with Crippen LogP contribution in [0.1, 0.15) is 11.1 Å². The number of amides is 3. The molecule has 6 nitrogen and oxygen atoms in total. The Morgan fingerprint density at radius 3 is 2.34 bits per heavy atom. The third-order valence-corrected chi connectivity index (χ3v) is 6.26. The molecule has 1 heterocycles. The van der Waals surface area contributed by atoms with Crippen molar-refractivity contribution < 1.29 is 19.4 Å². The minimum Gasteiger partial charge on any atom is -0.504 e. The minimum absolute atomic E-state index is 0.0245. The summed E-state index contributed by atoms with van der Waals surface area (Å²) in [6.45, 7) is 0.220. The molecule has 1 atom stereocenters. The summed E-state index contributed by atoms with van der Waals surface area (Å²) in [5, 5.41) is 9.90. The van der Waals surface area contributed by atoms with E-state index in [0.29, 0.717) is 17.9 Å². The molecule has 32 heavy (non-hydrogen) atoms. The molecule has 1 saturated heterocycles. The molecule has 3 aromatic carbocycles. The monoisotopic (exact) mass is 448 g/mol. The fourth-order valence-corrected chi connectivity index (χ4v) is 4.25. The molecule has 0 saturated carbocycles. The van der Waals surface area contributed by atoms with Crippen LogP contribution in [0.25, 0.3) is 0 Å². The van der Waals surface area contributed by atoms with E-state index >= 15 is 0 Å². The van der Waals surface area contributed by atoms with E-state index in [4.69, 9.17) is 4.74 Å². The van der Waals surface area contributed by atoms with Gasteiger partial charge in [-0.1, -0.05) is 36.4 Å². The second-order valence-corrected chi connectivity index (χ2v) is 8.37. The van der Waals surface area contributed by atoms with E-state index in [0.717, 1.165) is 16.0 Å². The van der Waals surface area contributed by atoms with Crippen LogP contribution in [0.5, 0.6) is 11.5 Å². The predicted octanol–water partition coefficient (Wildman–Crippen LogP) is 4.70. The van der Waals surface area contributed by atoms with Crippen molar-refractivity contribution in [3.8, 4) is 11.5 Å². The topological polar surface area (TPSA) is 70.1 Å². The summed E-state index contributed by atoms with van der Waals surface area (Å²) in [5.74, 6) is 0.0995. The van der Waals surface area contributed by atoms with Gasteiger partial charge in [0.1, 0.15) is 6.04 Å². The van der Waals surface area contributed by atoms with Gasteiger partial charge in [0.05, 0.1) is 12.8 Å². The zero-order valence-corrected chi connectivity index (χ0v) is 18.7. The molecule has 7 heteroatoms. The molecular weight excluding hydrogens is 424 g/mol. The van der Waals surface area contributed by atoms with E-state index in [9.17, 15) is 14.7 Å². The molecule has 0 unspecified atom stereocenters. The molecule has 0 bridgehead atoms. The first-order chi connectivity index (χ1) is 15.5. The Kier molecular flexibility index (Phi) is 6.37. The fourth-order valence-electron chi connectivity index (χ4n) is 3.84. The van der Waals surface area contributed by atoms with Gasteiger partial charge in [0.2, 0.25) is 0 Å². The molecule has 164 valence electrons. The molecule has 1 fully saturated rings. The number of ether oxygens (including phenoxy) is 1. The van der Waals surface area contributed by atoms with Gasteiger partial charge in [0, 0.05) is 17.9 Å². The van der Waals surface area contributed by atoms with E-state index in [-0.39, 0.29) is 24.2 Å². The highest BCUT2D eigenvalue weighted by Crippen LogP contribution is 2.32. The van der Waals surface area contributed by atoms with Gasteiger partial charge in [-0.25, -0.2) is 9.69 Å². The lowest BCUT2D eigenvalue weighted by atomic mass is 10.0. The first-order valence-electron chi connectivity index (χ1n) is 10.2. The van der Waals surface area contributed by atoms with Crippen molar-refractivity contribution in [1.82, 2.24) is 4.90 Å². The number of carbonyl (C=O) groups excluding carboxylic acids is 2. The van der Waals surface area contributed by atoms with Crippen molar-refractivity contribution in [2.24, 2.45) is 0 Å². The van der Waals surface area contributed by atoms with Gasteiger partial charge < -0.3 is 14.7 Å². The fraction of sp³-hybridized carbons (Fsp3) is 0.200. The second kappa shape index (κ2) is 9.36. The van der Waals surface area contributed by atoms with Crippen LogP contribution >= 0.6 is 11.8 Å². The Bertz CT molecular complexity index is 1120. The second-order valence-electron chi connectivity index (χ2n) is 7.49. The zero-order valence-electron chi connectivity index (χ0n) is 17.9. The first-order valence-corrected chi connectivity index (χ1v) is 11.4. The third-order valence-electron chi connectivity index (χ3n) is 5.52. The Morgan fingerprint density at radius 1 is 0.969 bits per heavy atom. The molecule has 0 spiro atoms. The average Bonchev–Trinajstić information content (AvgIpc) is 3.05. The smallest absolute Gasteiger partial charge is 0.332 e. The lowest BCUT2D eigenvalue weighted by Gasteiger charge is -2.22. The van der Waals surface area contributed by atoms with Gasteiger partial charge in [-0.15, -0.1) is 11.8 Å². The molecule has 0 aromatic heterocycles. The summed E-state index contributed by atoms with van der Waals surface area (Å²) in [4.78, 5) is 30.8. The first kappa shape index (κ1) is 21.8. The van der Waals surface area contributed by atoms with Crippen LogP contribution < -0.4 is 9.64 Å². The SMILES string of the molecule is COc1cc(CN2C(=O)N(c3ccc(SC)cc3)C(=O)[C@@H]2Cc2ccccc2)ccc1O. The van der Waals surface area contributed by atoms with Crippen LogP contribution in [0.15, 0.2) is 77.7 Å². The van der Waals surface area contributed by atoms with Crippen molar-refractivity contribution in [3.63, 3.8) is 0 Å². The summed E-state index contributed by atoms with van der Waals surface area (Å²) in [7, 11) is 1.47. The van der Waals surface area contributed by atoms with Crippen LogP contribution in [0, 0.1) is 0 Å². The molecule has 1 aliphatic heterocycles. The maximum atomic E-state index is 13.4. The van der Waals surface area contributed by atoms with Crippen LogP contribution in [-0.4, -0.2) is 41.4 Å². The predicted molar refractivity (Wildman–Crippen MR) is 125 cm³/mol. The number of phenols is 1. The van der Waals surface area contributed by atoms with Crippen LogP contribution in [0.3, 0.4) is 0 Å². The lowest BCUT2D eigenvalue weighted by Crippen LogP contribution is -2.36. The lowest BCUT2D eigenvalue weighted by molar-refractivity contribution is -0.119. The van der Waals surface area contributed by atoms with Gasteiger partial charge >= 0.3 is 6.03 Å². The van der Waals surface area contributed by atoms with Crippen LogP contribution in [0.4, 0.5) is 10.5 Å². The van der Waals surface area contributed by atoms with Gasteiger partial charge in [0.25, 0.3) is 5.91 Å². The van der Waals surface area contributed by atoms with E-state index in [1.807, 2.05) is 48.7 Å². The maximum Gasteiger partial charge on any atom is 0.332 e. The van der Waals surface area contributed by atoms with E-state index < -0.39 is 6.04 Å². The molecule has 1 aliphatic rings.